The molecule has 0 radical (unpaired) electrons. The molecule has 0 spiro atoms. The molecule has 0 bridgehead atoms. The van der Waals surface area contributed by atoms with Crippen molar-refractivity contribution in [3.8, 4) is 0 Å². The first-order valence-corrected chi connectivity index (χ1v) is 3.08. The van der Waals surface area contributed by atoms with E-state index in [0.717, 1.165) is 6.42 Å². The Hall–Kier alpha value is 1.48. The van der Waals surface area contributed by atoms with Crippen molar-refractivity contribution in [2.24, 2.45) is 11.7 Å². The molecule has 3 nitrogen and oxygen atoms in total. The van der Waals surface area contributed by atoms with Crippen molar-refractivity contribution in [2.75, 3.05) is 0 Å². The number of aliphatic carboxylic acids is 1. The van der Waals surface area contributed by atoms with Crippen molar-refractivity contribution in [3.05, 3.63) is 0 Å². The summed E-state index contributed by atoms with van der Waals surface area (Å²) in [6.45, 7) is 3.76. The number of carbonyl (C=O) groups is 1. The summed E-state index contributed by atoms with van der Waals surface area (Å²) in [6, 6.07) is -0.699. The molecule has 0 amide bonds. The molecule has 0 aliphatic rings. The summed E-state index contributed by atoms with van der Waals surface area (Å²) in [7, 11) is 0. The summed E-state index contributed by atoms with van der Waals surface area (Å²) in [6.07, 6.45) is 0.813. The van der Waals surface area contributed by atoms with Gasteiger partial charge < -0.3 is 10.8 Å². The maximum absolute atomic E-state index is 10.2. The molecule has 2 atom stereocenters. The normalized spacial score (nSPS) is 15.1. The predicted molar refractivity (Wildman–Crippen MR) is 42.2 cm³/mol. The van der Waals surface area contributed by atoms with E-state index in [4.69, 9.17) is 10.8 Å². The van der Waals surface area contributed by atoms with Crippen LogP contribution in [0.5, 0.6) is 0 Å². The van der Waals surface area contributed by atoms with Crippen molar-refractivity contribution < 1.29 is 9.90 Å². The Labute approximate surface area is 120 Å². The molecule has 0 aliphatic carbocycles. The van der Waals surface area contributed by atoms with Crippen molar-refractivity contribution in [1.82, 2.24) is 0 Å². The van der Waals surface area contributed by atoms with E-state index < -0.39 is 12.0 Å². The minimum atomic E-state index is -0.913. The van der Waals surface area contributed by atoms with E-state index in [1.54, 1.807) is 0 Å². The first-order valence-electron chi connectivity index (χ1n) is 3.08. The van der Waals surface area contributed by atoms with E-state index in [1.807, 2.05) is 13.8 Å². The summed E-state index contributed by atoms with van der Waals surface area (Å²) < 4.78 is 0. The van der Waals surface area contributed by atoms with Gasteiger partial charge in [0.05, 0.1) is 0 Å². The van der Waals surface area contributed by atoms with Gasteiger partial charge in [-0.05, 0) is 5.92 Å². The Morgan fingerprint density at radius 1 is 1.70 bits per heavy atom. The fourth-order valence-electron chi connectivity index (χ4n) is 0.497. The van der Waals surface area contributed by atoms with E-state index in [-0.39, 0.29) is 74.8 Å². The Bertz CT molecular complexity index is 108. The number of rotatable bonds is 3. The fraction of sp³-hybridized carbons (Fsp3) is 0.833. The summed E-state index contributed by atoms with van der Waals surface area (Å²) in [5.74, 6) is -0.841. The van der Waals surface area contributed by atoms with E-state index >= 15 is 0 Å². The van der Waals surface area contributed by atoms with Gasteiger partial charge in [-0.3, -0.25) is 4.79 Å². The SMILES string of the molecule is CCC(C)C(N)C(=O)O.[CsH]. The van der Waals surface area contributed by atoms with Crippen LogP contribution in [0.1, 0.15) is 20.3 Å². The van der Waals surface area contributed by atoms with Gasteiger partial charge >= 0.3 is 74.9 Å². The van der Waals surface area contributed by atoms with Gasteiger partial charge in [0.1, 0.15) is 6.04 Å². The van der Waals surface area contributed by atoms with Crippen LogP contribution in [-0.2, 0) is 4.79 Å². The van der Waals surface area contributed by atoms with Crippen LogP contribution in [0.15, 0.2) is 0 Å². The molecule has 10 heavy (non-hydrogen) atoms. The summed E-state index contributed by atoms with van der Waals surface area (Å²) in [5.41, 5.74) is 5.27. The van der Waals surface area contributed by atoms with Crippen LogP contribution >= 0.6 is 0 Å². The molecule has 0 saturated carbocycles. The van der Waals surface area contributed by atoms with E-state index in [9.17, 15) is 4.79 Å². The second-order valence-corrected chi connectivity index (χ2v) is 2.25. The zero-order chi connectivity index (χ0) is 7.44. The number of hydrogen-bond donors (Lipinski definition) is 2. The third kappa shape index (κ3) is 5.17. The Kier molecular flexibility index (Phi) is 10.0. The van der Waals surface area contributed by atoms with Crippen LogP contribution in [0.4, 0.5) is 0 Å². The molecule has 0 aliphatic heterocycles. The number of nitrogens with two attached hydrogens (primary N) is 1. The van der Waals surface area contributed by atoms with Gasteiger partial charge in [0.15, 0.2) is 0 Å². The standard InChI is InChI=1S/C6H13NO2.Cs.H/c1-3-4(2)5(7)6(8)9;;/h4-5H,3,7H2,1-2H3,(H,8,9);;. The van der Waals surface area contributed by atoms with Gasteiger partial charge in [-0.1, -0.05) is 20.3 Å². The summed E-state index contributed by atoms with van der Waals surface area (Å²) >= 11 is 0. The molecule has 0 aromatic heterocycles. The Balaban J connectivity index is 0. The average molecular weight is 265 g/mol. The molecule has 56 valence electrons. The van der Waals surface area contributed by atoms with E-state index in [2.05, 4.69) is 0 Å². The minimum absolute atomic E-state index is 0. The van der Waals surface area contributed by atoms with Crippen molar-refractivity contribution in [2.45, 2.75) is 26.3 Å². The van der Waals surface area contributed by atoms with Crippen LogP contribution in [0.2, 0.25) is 0 Å². The van der Waals surface area contributed by atoms with Gasteiger partial charge in [0.2, 0.25) is 0 Å². The molecule has 0 fully saturated rings. The summed E-state index contributed by atoms with van der Waals surface area (Å²) in [5, 5.41) is 8.36. The third-order valence-electron chi connectivity index (χ3n) is 1.54. The van der Waals surface area contributed by atoms with Crippen molar-refractivity contribution in [1.29, 1.82) is 0 Å². The second-order valence-electron chi connectivity index (χ2n) is 2.25. The van der Waals surface area contributed by atoms with Gasteiger partial charge in [-0.25, -0.2) is 0 Å². The zero-order valence-electron chi connectivity index (χ0n) is 5.79. The number of carboxylic acid groups (broad SMARTS) is 1. The Morgan fingerprint density at radius 2 is 2.10 bits per heavy atom. The van der Waals surface area contributed by atoms with Crippen LogP contribution in [0.3, 0.4) is 0 Å². The van der Waals surface area contributed by atoms with Gasteiger partial charge in [-0.15, -0.1) is 0 Å². The molecule has 4 heteroatoms. The zero-order valence-corrected chi connectivity index (χ0v) is 5.79. The molecule has 2 unspecified atom stereocenters. The predicted octanol–water partition coefficient (Wildman–Crippen LogP) is -0.204. The molecular weight excluding hydrogens is 251 g/mol. The molecule has 0 saturated heterocycles. The molecule has 0 heterocycles. The molecule has 0 aromatic carbocycles. The maximum atomic E-state index is 10.2. The Morgan fingerprint density at radius 3 is 2.20 bits per heavy atom. The van der Waals surface area contributed by atoms with Gasteiger partial charge in [-0.2, -0.15) is 0 Å². The number of carboxylic acids is 1. The average Bonchev–Trinajstić information content (AvgIpc) is 1.84. The molecule has 0 rings (SSSR count). The first-order chi connectivity index (χ1) is 4.09. The fourth-order valence-corrected chi connectivity index (χ4v) is 0.497. The second kappa shape index (κ2) is 7.15. The summed E-state index contributed by atoms with van der Waals surface area (Å²) in [4.78, 5) is 10.2. The third-order valence-corrected chi connectivity index (χ3v) is 1.54. The van der Waals surface area contributed by atoms with Crippen LogP contribution in [0.25, 0.3) is 0 Å². The monoisotopic (exact) mass is 265 g/mol. The van der Waals surface area contributed by atoms with Gasteiger partial charge in [0.25, 0.3) is 0 Å². The van der Waals surface area contributed by atoms with E-state index in [0.29, 0.717) is 0 Å². The first kappa shape index (κ1) is 14.0. The van der Waals surface area contributed by atoms with Crippen molar-refractivity contribution in [3.63, 3.8) is 0 Å². The topological polar surface area (TPSA) is 63.3 Å². The van der Waals surface area contributed by atoms with E-state index in [1.165, 1.54) is 0 Å². The molecule has 3 N–H and O–H groups in total. The molecular formula is C6H14CsNO2. The molecule has 0 aromatic rings. The van der Waals surface area contributed by atoms with Crippen LogP contribution in [-0.4, -0.2) is 86.0 Å². The van der Waals surface area contributed by atoms with Gasteiger partial charge in [0, 0.05) is 0 Å². The van der Waals surface area contributed by atoms with Crippen LogP contribution < -0.4 is 5.73 Å². The van der Waals surface area contributed by atoms with Crippen molar-refractivity contribution >= 4 is 74.9 Å². The van der Waals surface area contributed by atoms with Crippen LogP contribution in [0, 0.1) is 5.92 Å². The number of hydrogen-bond acceptors (Lipinski definition) is 2. The quantitative estimate of drug-likeness (QED) is 0.742.